The zero-order valence-corrected chi connectivity index (χ0v) is 42.4. The van der Waals surface area contributed by atoms with Gasteiger partial charge in [-0.1, -0.05) is 31.9 Å². The highest BCUT2D eigenvalue weighted by atomic mass is 16.6. The fourth-order valence-corrected chi connectivity index (χ4v) is 7.18. The monoisotopic (exact) mass is 1030 g/mol. The smallest absolute Gasteiger partial charge is 0.343 e. The molecule has 75 heavy (non-hydrogen) atoms. The molecule has 0 saturated carbocycles. The SMILES string of the molecule is C=CC(=O)OCCCCCCOc1ccc2cc(C(=O)Oc3ccc(OC(=O)c4ccc(OC(=O)c5ccc(OCCCCCCOC(=O)C=C)c(OCCCCCCOC(=O)C=C)c5)cc4)c(OC)c3)ccc2c1. The second-order valence-electron chi connectivity index (χ2n) is 16.8. The van der Waals surface area contributed by atoms with E-state index in [1.54, 1.807) is 30.3 Å². The number of carbonyl (C=O) groups is 6. The van der Waals surface area contributed by atoms with E-state index in [1.165, 1.54) is 49.6 Å². The number of esters is 6. The molecule has 0 aromatic heterocycles. The van der Waals surface area contributed by atoms with Gasteiger partial charge in [-0.05, 0) is 167 Å². The Morgan fingerprint density at radius 2 is 0.773 bits per heavy atom. The Morgan fingerprint density at radius 3 is 1.33 bits per heavy atom. The molecule has 16 heteroatoms. The minimum atomic E-state index is -0.719. The summed E-state index contributed by atoms with van der Waals surface area (Å²) in [5.41, 5.74) is 0.690. The molecule has 0 heterocycles. The molecule has 5 aromatic carbocycles. The molecular formula is C59H64O16. The number of benzene rings is 5. The number of unbranched alkanes of at least 4 members (excludes halogenated alkanes) is 9. The van der Waals surface area contributed by atoms with E-state index in [0.717, 1.165) is 93.2 Å². The zero-order chi connectivity index (χ0) is 53.6. The number of ether oxygens (including phenoxy) is 10. The van der Waals surface area contributed by atoms with Crippen molar-refractivity contribution < 1.29 is 76.1 Å². The van der Waals surface area contributed by atoms with Crippen molar-refractivity contribution in [3.8, 4) is 40.2 Å². The van der Waals surface area contributed by atoms with Gasteiger partial charge in [-0.2, -0.15) is 0 Å². The Morgan fingerprint density at radius 1 is 0.360 bits per heavy atom. The first kappa shape index (κ1) is 57.5. The number of hydrogen-bond donors (Lipinski definition) is 0. The van der Waals surface area contributed by atoms with Crippen molar-refractivity contribution in [1.29, 1.82) is 0 Å². The number of methoxy groups -OCH3 is 1. The molecule has 0 saturated heterocycles. The van der Waals surface area contributed by atoms with Gasteiger partial charge in [0.2, 0.25) is 0 Å². The van der Waals surface area contributed by atoms with E-state index in [1.807, 2.05) is 24.3 Å². The van der Waals surface area contributed by atoms with Crippen LogP contribution in [0.3, 0.4) is 0 Å². The summed E-state index contributed by atoms with van der Waals surface area (Å²) >= 11 is 0. The highest BCUT2D eigenvalue weighted by Gasteiger charge is 2.18. The highest BCUT2D eigenvalue weighted by molar-refractivity contribution is 5.97. The summed E-state index contributed by atoms with van der Waals surface area (Å²) in [4.78, 5) is 73.5. The minimum Gasteiger partial charge on any atom is -0.494 e. The van der Waals surface area contributed by atoms with Gasteiger partial charge in [0.05, 0.1) is 63.4 Å². The third-order valence-electron chi connectivity index (χ3n) is 11.2. The summed E-state index contributed by atoms with van der Waals surface area (Å²) in [6.45, 7) is 12.5. The van der Waals surface area contributed by atoms with Crippen LogP contribution < -0.4 is 33.2 Å². The molecule has 396 valence electrons. The number of hydrogen-bond acceptors (Lipinski definition) is 16. The molecule has 0 spiro atoms. The van der Waals surface area contributed by atoms with Gasteiger partial charge < -0.3 is 47.4 Å². The van der Waals surface area contributed by atoms with E-state index in [4.69, 9.17) is 47.4 Å². The van der Waals surface area contributed by atoms with Gasteiger partial charge in [0.25, 0.3) is 0 Å². The van der Waals surface area contributed by atoms with Crippen molar-refractivity contribution in [3.05, 3.63) is 152 Å². The number of carbonyl (C=O) groups excluding carboxylic acids is 6. The van der Waals surface area contributed by atoms with Gasteiger partial charge in [0, 0.05) is 24.3 Å². The Kier molecular flexibility index (Phi) is 24.5. The van der Waals surface area contributed by atoms with Gasteiger partial charge in [0.15, 0.2) is 23.0 Å². The lowest BCUT2D eigenvalue weighted by molar-refractivity contribution is -0.138. The minimum absolute atomic E-state index is 0.0776. The van der Waals surface area contributed by atoms with Crippen LogP contribution in [0.4, 0.5) is 0 Å². The summed E-state index contributed by atoms with van der Waals surface area (Å²) < 4.78 is 55.5. The van der Waals surface area contributed by atoms with Crippen LogP contribution in [0.15, 0.2) is 135 Å². The maximum Gasteiger partial charge on any atom is 0.343 e. The maximum absolute atomic E-state index is 13.4. The predicted octanol–water partition coefficient (Wildman–Crippen LogP) is 11.5. The number of fused-ring (bicyclic) bond motifs is 1. The largest absolute Gasteiger partial charge is 0.494 e. The van der Waals surface area contributed by atoms with Gasteiger partial charge >= 0.3 is 35.8 Å². The molecule has 0 bridgehead atoms. The lowest BCUT2D eigenvalue weighted by atomic mass is 10.1. The summed E-state index contributed by atoms with van der Waals surface area (Å²) in [5.74, 6) is -1.20. The van der Waals surface area contributed by atoms with Crippen molar-refractivity contribution >= 4 is 46.6 Å². The molecule has 0 fully saturated rings. The summed E-state index contributed by atoms with van der Waals surface area (Å²) in [7, 11) is 1.39. The normalized spacial score (nSPS) is 10.6. The lowest BCUT2D eigenvalue weighted by Crippen LogP contribution is -2.12. The van der Waals surface area contributed by atoms with Crippen molar-refractivity contribution in [2.24, 2.45) is 0 Å². The Balaban J connectivity index is 1.10. The van der Waals surface area contributed by atoms with Crippen LogP contribution in [0, 0.1) is 0 Å². The third kappa shape index (κ3) is 20.2. The zero-order valence-electron chi connectivity index (χ0n) is 42.4. The van der Waals surface area contributed by atoms with Crippen molar-refractivity contribution in [2.45, 2.75) is 77.0 Å². The standard InChI is InChI=1S/C59H64O16/c1-5-54(60)70-35-17-11-8-14-32-67-48-28-24-43-38-45(21-20-44(43)39-48)58(64)74-49-29-31-51(52(41-49)66-4)75-57(63)42-22-26-47(27-23-42)73-59(65)46-25-30-50(68-33-15-9-12-18-36-71-55(61)6-2)53(40-46)69-34-16-10-13-19-37-72-56(62)7-3/h5-7,20-31,38-41H,1-3,8-19,32-37H2,4H3. The summed E-state index contributed by atoms with van der Waals surface area (Å²) in [6.07, 6.45) is 13.1. The van der Waals surface area contributed by atoms with Gasteiger partial charge in [-0.3, -0.25) is 0 Å². The average Bonchev–Trinajstić information content (AvgIpc) is 3.43. The van der Waals surface area contributed by atoms with Crippen molar-refractivity contribution in [3.63, 3.8) is 0 Å². The Hall–Kier alpha value is -8.40. The van der Waals surface area contributed by atoms with E-state index < -0.39 is 35.8 Å². The average molecular weight is 1030 g/mol. The van der Waals surface area contributed by atoms with Crippen LogP contribution in [-0.4, -0.2) is 82.6 Å². The van der Waals surface area contributed by atoms with Crippen LogP contribution in [0.5, 0.6) is 40.2 Å². The lowest BCUT2D eigenvalue weighted by Gasteiger charge is -2.14. The Labute approximate surface area is 437 Å². The molecule has 5 rings (SSSR count). The van der Waals surface area contributed by atoms with Crippen LogP contribution in [0.1, 0.15) is 108 Å². The van der Waals surface area contributed by atoms with Gasteiger partial charge in [0.1, 0.15) is 17.2 Å². The molecule has 0 aliphatic heterocycles. The first-order chi connectivity index (χ1) is 36.5. The first-order valence-electron chi connectivity index (χ1n) is 24.9. The molecule has 5 aromatic rings. The van der Waals surface area contributed by atoms with Crippen LogP contribution in [-0.2, 0) is 28.6 Å². The van der Waals surface area contributed by atoms with E-state index in [2.05, 4.69) is 19.7 Å². The van der Waals surface area contributed by atoms with Crippen molar-refractivity contribution in [1.82, 2.24) is 0 Å². The Bertz CT molecular complexity index is 2720. The topological polar surface area (TPSA) is 195 Å². The first-order valence-corrected chi connectivity index (χ1v) is 24.9. The van der Waals surface area contributed by atoms with Crippen LogP contribution >= 0.6 is 0 Å². The third-order valence-corrected chi connectivity index (χ3v) is 11.2. The molecule has 16 nitrogen and oxygen atoms in total. The molecule has 0 aliphatic rings. The molecular weight excluding hydrogens is 965 g/mol. The molecule has 0 aliphatic carbocycles. The fraction of sp³-hybridized carbons (Fsp3) is 0.322. The predicted molar refractivity (Wildman–Crippen MR) is 280 cm³/mol. The molecule has 0 radical (unpaired) electrons. The quantitative estimate of drug-likeness (QED) is 0.0124. The highest BCUT2D eigenvalue weighted by Crippen LogP contribution is 2.34. The summed E-state index contributed by atoms with van der Waals surface area (Å²) in [6, 6.07) is 25.8. The van der Waals surface area contributed by atoms with E-state index in [0.29, 0.717) is 75.3 Å². The second-order valence-corrected chi connectivity index (χ2v) is 16.8. The second kappa shape index (κ2) is 31.9. The molecule has 0 amide bonds. The maximum atomic E-state index is 13.4. The summed E-state index contributed by atoms with van der Waals surface area (Å²) in [5, 5.41) is 1.70. The van der Waals surface area contributed by atoms with Crippen LogP contribution in [0.25, 0.3) is 10.8 Å². The molecule has 0 atom stereocenters. The van der Waals surface area contributed by atoms with Crippen molar-refractivity contribution in [2.75, 3.05) is 46.8 Å². The number of rotatable bonds is 34. The van der Waals surface area contributed by atoms with Gasteiger partial charge in [-0.25, -0.2) is 28.8 Å². The van der Waals surface area contributed by atoms with Gasteiger partial charge in [-0.15, -0.1) is 0 Å². The van der Waals surface area contributed by atoms with E-state index in [-0.39, 0.29) is 34.1 Å². The van der Waals surface area contributed by atoms with E-state index >= 15 is 0 Å². The van der Waals surface area contributed by atoms with E-state index in [9.17, 15) is 28.8 Å². The molecule has 0 N–H and O–H groups in total. The van der Waals surface area contributed by atoms with Crippen LogP contribution in [0.2, 0.25) is 0 Å². The fourth-order valence-electron chi connectivity index (χ4n) is 7.18. The molecule has 0 unspecified atom stereocenters.